The second-order valence-corrected chi connectivity index (χ2v) is 3.25. The van der Waals surface area contributed by atoms with E-state index in [1.54, 1.807) is 25.1 Å². The van der Waals surface area contributed by atoms with E-state index in [9.17, 15) is 13.9 Å². The Labute approximate surface area is 81.4 Å². The van der Waals surface area contributed by atoms with Gasteiger partial charge in [0.25, 0.3) is 0 Å². The van der Waals surface area contributed by atoms with Crippen molar-refractivity contribution in [3.05, 3.63) is 29.3 Å². The number of rotatable bonds is 3. The molecule has 1 aromatic rings. The number of phenols is 1. The molecule has 0 aliphatic carbocycles. The van der Waals surface area contributed by atoms with Crippen LogP contribution in [0.4, 0.5) is 8.78 Å². The Morgan fingerprint density at radius 1 is 1.43 bits per heavy atom. The normalized spacial score (nSPS) is 13.2. The van der Waals surface area contributed by atoms with E-state index in [-0.39, 0.29) is 5.75 Å². The van der Waals surface area contributed by atoms with E-state index in [0.717, 1.165) is 0 Å². The zero-order chi connectivity index (χ0) is 10.7. The van der Waals surface area contributed by atoms with Gasteiger partial charge in [-0.05, 0) is 12.5 Å². The molecule has 0 spiro atoms. The largest absolute Gasteiger partial charge is 0.507 e. The molecule has 1 aromatic carbocycles. The third kappa shape index (κ3) is 2.42. The Kier molecular flexibility index (Phi) is 3.41. The summed E-state index contributed by atoms with van der Waals surface area (Å²) in [6, 6.07) is 4.15. The fourth-order valence-electron chi connectivity index (χ4n) is 1.30. The van der Waals surface area contributed by atoms with Gasteiger partial charge in [0.15, 0.2) is 0 Å². The Bertz CT molecular complexity index is 315. The molecule has 0 amide bonds. The van der Waals surface area contributed by atoms with Crippen molar-refractivity contribution in [2.45, 2.75) is 25.8 Å². The SMILES string of the molecule is Cc1cccc([C@@H](N)CC(F)F)c1O. The molecular weight excluding hydrogens is 188 g/mol. The topological polar surface area (TPSA) is 46.2 Å². The maximum absolute atomic E-state index is 12.0. The van der Waals surface area contributed by atoms with Crippen LogP contribution >= 0.6 is 0 Å². The van der Waals surface area contributed by atoms with Crippen molar-refractivity contribution >= 4 is 0 Å². The highest BCUT2D eigenvalue weighted by molar-refractivity contribution is 5.41. The minimum absolute atomic E-state index is 0.0145. The number of phenolic OH excluding ortho intramolecular Hbond substituents is 1. The number of benzene rings is 1. The average molecular weight is 201 g/mol. The van der Waals surface area contributed by atoms with Crippen molar-refractivity contribution in [3.63, 3.8) is 0 Å². The molecule has 4 heteroatoms. The molecule has 0 saturated carbocycles. The first-order chi connectivity index (χ1) is 6.52. The molecule has 1 atom stereocenters. The molecule has 0 radical (unpaired) electrons. The first-order valence-corrected chi connectivity index (χ1v) is 4.34. The molecule has 0 saturated heterocycles. The van der Waals surface area contributed by atoms with E-state index in [0.29, 0.717) is 11.1 Å². The van der Waals surface area contributed by atoms with Gasteiger partial charge in [-0.15, -0.1) is 0 Å². The molecule has 0 unspecified atom stereocenters. The van der Waals surface area contributed by atoms with Crippen LogP contribution in [0.5, 0.6) is 5.75 Å². The maximum atomic E-state index is 12.0. The quantitative estimate of drug-likeness (QED) is 0.788. The lowest BCUT2D eigenvalue weighted by molar-refractivity contribution is 0.128. The van der Waals surface area contributed by atoms with Crippen molar-refractivity contribution in [2.24, 2.45) is 5.73 Å². The van der Waals surface area contributed by atoms with Gasteiger partial charge in [0.1, 0.15) is 5.75 Å². The van der Waals surface area contributed by atoms with Crippen molar-refractivity contribution in [3.8, 4) is 5.75 Å². The van der Waals surface area contributed by atoms with Crippen LogP contribution in [-0.2, 0) is 0 Å². The summed E-state index contributed by atoms with van der Waals surface area (Å²) in [4.78, 5) is 0. The summed E-state index contributed by atoms with van der Waals surface area (Å²) in [5, 5.41) is 9.56. The lowest BCUT2D eigenvalue weighted by Gasteiger charge is -2.14. The summed E-state index contributed by atoms with van der Waals surface area (Å²) in [6.45, 7) is 1.70. The number of aromatic hydroxyl groups is 1. The smallest absolute Gasteiger partial charge is 0.240 e. The van der Waals surface area contributed by atoms with Crippen LogP contribution in [0.15, 0.2) is 18.2 Å². The van der Waals surface area contributed by atoms with Gasteiger partial charge in [-0.3, -0.25) is 0 Å². The summed E-state index contributed by atoms with van der Waals surface area (Å²) in [5.74, 6) is 0.0145. The lowest BCUT2D eigenvalue weighted by atomic mass is 10.0. The fraction of sp³-hybridized carbons (Fsp3) is 0.400. The number of hydrogen-bond donors (Lipinski definition) is 2. The minimum Gasteiger partial charge on any atom is -0.507 e. The highest BCUT2D eigenvalue weighted by atomic mass is 19.3. The molecular formula is C10H13F2NO. The number of aryl methyl sites for hydroxylation is 1. The van der Waals surface area contributed by atoms with Crippen LogP contribution in [-0.4, -0.2) is 11.5 Å². The third-order valence-corrected chi connectivity index (χ3v) is 2.10. The third-order valence-electron chi connectivity index (χ3n) is 2.10. The summed E-state index contributed by atoms with van der Waals surface area (Å²) in [7, 11) is 0. The van der Waals surface area contributed by atoms with Gasteiger partial charge in [-0.2, -0.15) is 0 Å². The number of hydrogen-bond acceptors (Lipinski definition) is 2. The monoisotopic (exact) mass is 201 g/mol. The Balaban J connectivity index is 2.89. The molecule has 14 heavy (non-hydrogen) atoms. The first kappa shape index (κ1) is 10.9. The fourth-order valence-corrected chi connectivity index (χ4v) is 1.30. The maximum Gasteiger partial charge on any atom is 0.240 e. The van der Waals surface area contributed by atoms with Gasteiger partial charge < -0.3 is 10.8 Å². The van der Waals surface area contributed by atoms with E-state index in [2.05, 4.69) is 0 Å². The van der Waals surface area contributed by atoms with Gasteiger partial charge in [0, 0.05) is 18.0 Å². The van der Waals surface area contributed by atoms with Gasteiger partial charge >= 0.3 is 0 Å². The number of para-hydroxylation sites is 1. The molecule has 0 heterocycles. The minimum atomic E-state index is -2.45. The Morgan fingerprint density at radius 2 is 2.07 bits per heavy atom. The van der Waals surface area contributed by atoms with E-state index < -0.39 is 18.9 Å². The van der Waals surface area contributed by atoms with Crippen LogP contribution in [0.2, 0.25) is 0 Å². The van der Waals surface area contributed by atoms with Crippen LogP contribution < -0.4 is 5.73 Å². The predicted molar refractivity (Wildman–Crippen MR) is 50.4 cm³/mol. The molecule has 0 aliphatic heterocycles. The van der Waals surface area contributed by atoms with Crippen LogP contribution in [0.25, 0.3) is 0 Å². The van der Waals surface area contributed by atoms with Crippen LogP contribution in [0.1, 0.15) is 23.6 Å². The predicted octanol–water partition coefficient (Wildman–Crippen LogP) is 2.36. The Morgan fingerprint density at radius 3 is 2.64 bits per heavy atom. The van der Waals surface area contributed by atoms with Crippen LogP contribution in [0.3, 0.4) is 0 Å². The highest BCUT2D eigenvalue weighted by Crippen LogP contribution is 2.28. The second kappa shape index (κ2) is 4.37. The van der Waals surface area contributed by atoms with E-state index in [1.807, 2.05) is 0 Å². The molecule has 3 N–H and O–H groups in total. The van der Waals surface area contributed by atoms with Crippen molar-refractivity contribution in [2.75, 3.05) is 0 Å². The molecule has 1 rings (SSSR count). The zero-order valence-corrected chi connectivity index (χ0v) is 7.87. The van der Waals surface area contributed by atoms with E-state index in [4.69, 9.17) is 5.73 Å². The first-order valence-electron chi connectivity index (χ1n) is 4.34. The average Bonchev–Trinajstić information content (AvgIpc) is 2.08. The summed E-state index contributed by atoms with van der Waals surface area (Å²) in [6.07, 6.45) is -2.89. The lowest BCUT2D eigenvalue weighted by Crippen LogP contribution is -2.14. The summed E-state index contributed by atoms with van der Waals surface area (Å²) in [5.41, 5.74) is 6.55. The van der Waals surface area contributed by atoms with Crippen molar-refractivity contribution in [1.82, 2.24) is 0 Å². The van der Waals surface area contributed by atoms with Gasteiger partial charge in [-0.25, -0.2) is 8.78 Å². The molecule has 0 aromatic heterocycles. The summed E-state index contributed by atoms with van der Waals surface area (Å²) >= 11 is 0. The summed E-state index contributed by atoms with van der Waals surface area (Å²) < 4.78 is 24.1. The molecule has 0 aliphatic rings. The standard InChI is InChI=1S/C10H13F2NO/c1-6-3-2-4-7(10(6)14)8(13)5-9(11)12/h2-4,8-9,14H,5,13H2,1H3/t8-/m0/s1. The number of nitrogens with two attached hydrogens (primary N) is 1. The highest BCUT2D eigenvalue weighted by Gasteiger charge is 2.16. The Hall–Kier alpha value is -1.16. The van der Waals surface area contributed by atoms with Crippen LogP contribution in [0, 0.1) is 6.92 Å². The van der Waals surface area contributed by atoms with Crippen molar-refractivity contribution < 1.29 is 13.9 Å². The number of halogens is 2. The van der Waals surface area contributed by atoms with Gasteiger partial charge in [-0.1, -0.05) is 18.2 Å². The van der Waals surface area contributed by atoms with E-state index in [1.165, 1.54) is 0 Å². The molecule has 78 valence electrons. The van der Waals surface area contributed by atoms with Gasteiger partial charge in [0.2, 0.25) is 6.43 Å². The number of alkyl halides is 2. The molecule has 2 nitrogen and oxygen atoms in total. The van der Waals surface area contributed by atoms with Gasteiger partial charge in [0.05, 0.1) is 0 Å². The molecule has 0 fully saturated rings. The molecule has 0 bridgehead atoms. The van der Waals surface area contributed by atoms with E-state index >= 15 is 0 Å². The zero-order valence-electron chi connectivity index (χ0n) is 7.87. The second-order valence-electron chi connectivity index (χ2n) is 3.25. The van der Waals surface area contributed by atoms with Crippen molar-refractivity contribution in [1.29, 1.82) is 0 Å².